The van der Waals surface area contributed by atoms with Gasteiger partial charge in [-0.25, -0.2) is 4.98 Å². The number of hydrogen-bond acceptors (Lipinski definition) is 4. The molecule has 0 unspecified atom stereocenters. The number of hydrogen-bond donors (Lipinski definition) is 2. The minimum absolute atomic E-state index is 0.492. The van der Waals surface area contributed by atoms with Crippen LogP contribution in [0.2, 0.25) is 0 Å². The third kappa shape index (κ3) is 4.75. The maximum absolute atomic E-state index is 5.87. The van der Waals surface area contributed by atoms with Gasteiger partial charge in [0.25, 0.3) is 0 Å². The number of aryl methyl sites for hydroxylation is 4. The summed E-state index contributed by atoms with van der Waals surface area (Å²) >= 11 is 0. The van der Waals surface area contributed by atoms with Gasteiger partial charge in [0.05, 0.1) is 18.8 Å². The molecule has 0 amide bonds. The van der Waals surface area contributed by atoms with E-state index < -0.39 is 0 Å². The van der Waals surface area contributed by atoms with Crippen molar-refractivity contribution in [2.45, 2.75) is 34.2 Å². The number of nitrogens with one attached hydrogen (secondary N) is 2. The van der Waals surface area contributed by atoms with E-state index in [1.165, 1.54) is 0 Å². The first-order valence-corrected chi connectivity index (χ1v) is 8.07. The van der Waals surface area contributed by atoms with Gasteiger partial charge in [0.15, 0.2) is 5.96 Å². The normalized spacial score (nSPS) is 11.5. The number of para-hydroxylation sites is 1. The maximum atomic E-state index is 5.87. The Labute approximate surface area is 143 Å². The van der Waals surface area contributed by atoms with Crippen LogP contribution in [0.15, 0.2) is 27.6 Å². The zero-order valence-electron chi connectivity index (χ0n) is 15.1. The lowest BCUT2D eigenvalue weighted by molar-refractivity contribution is 0.317. The Morgan fingerprint density at radius 1 is 1.17 bits per heavy atom. The Hall–Kier alpha value is -2.50. The number of oxazole rings is 1. The average molecular weight is 330 g/mol. The molecule has 2 N–H and O–H groups in total. The molecule has 6 nitrogen and oxygen atoms in total. The summed E-state index contributed by atoms with van der Waals surface area (Å²) in [5.41, 5.74) is 3.20. The van der Waals surface area contributed by atoms with E-state index in [1.54, 1.807) is 7.05 Å². The second-order valence-electron chi connectivity index (χ2n) is 5.67. The molecule has 130 valence electrons. The monoisotopic (exact) mass is 330 g/mol. The van der Waals surface area contributed by atoms with Gasteiger partial charge < -0.3 is 19.8 Å². The molecule has 2 rings (SSSR count). The average Bonchev–Trinajstić information content (AvgIpc) is 2.87. The van der Waals surface area contributed by atoms with Crippen molar-refractivity contribution < 1.29 is 9.15 Å². The Morgan fingerprint density at radius 2 is 1.88 bits per heavy atom. The Kier molecular flexibility index (Phi) is 6.23. The Morgan fingerprint density at radius 3 is 2.46 bits per heavy atom. The molecule has 24 heavy (non-hydrogen) atoms. The molecule has 0 spiro atoms. The first-order valence-electron chi connectivity index (χ1n) is 8.07. The van der Waals surface area contributed by atoms with Gasteiger partial charge in [-0.05, 0) is 38.8 Å². The topological polar surface area (TPSA) is 71.7 Å². The van der Waals surface area contributed by atoms with Gasteiger partial charge in [-0.1, -0.05) is 18.2 Å². The molecule has 0 saturated heterocycles. The van der Waals surface area contributed by atoms with Crippen LogP contribution in [0.3, 0.4) is 0 Å². The van der Waals surface area contributed by atoms with Crippen LogP contribution in [-0.2, 0) is 6.54 Å². The van der Waals surface area contributed by atoms with Crippen molar-refractivity contribution in [3.63, 3.8) is 0 Å². The Bertz CT molecular complexity index is 667. The van der Waals surface area contributed by atoms with E-state index in [0.717, 1.165) is 28.3 Å². The molecule has 0 aliphatic carbocycles. The van der Waals surface area contributed by atoms with Gasteiger partial charge in [0.1, 0.15) is 18.1 Å². The summed E-state index contributed by atoms with van der Waals surface area (Å²) in [6.07, 6.45) is 0. The van der Waals surface area contributed by atoms with E-state index in [4.69, 9.17) is 9.15 Å². The minimum atomic E-state index is 0.492. The number of rotatable bonds is 6. The highest BCUT2D eigenvalue weighted by molar-refractivity contribution is 5.79. The van der Waals surface area contributed by atoms with Gasteiger partial charge in [0.2, 0.25) is 5.89 Å². The van der Waals surface area contributed by atoms with Crippen LogP contribution >= 0.6 is 0 Å². The fourth-order valence-corrected chi connectivity index (χ4v) is 2.34. The predicted octanol–water partition coefficient (Wildman–Crippen LogP) is 2.65. The van der Waals surface area contributed by atoms with Crippen LogP contribution in [0.4, 0.5) is 0 Å². The van der Waals surface area contributed by atoms with Crippen molar-refractivity contribution in [3.05, 3.63) is 46.7 Å². The summed E-state index contributed by atoms with van der Waals surface area (Å²) in [5.74, 6) is 3.14. The van der Waals surface area contributed by atoms with Gasteiger partial charge >= 0.3 is 0 Å². The SMILES string of the molecule is CN=C(NCCOc1c(C)cccc1C)NCc1nc(C)c(C)o1. The highest BCUT2D eigenvalue weighted by atomic mass is 16.5. The molecule has 1 aromatic heterocycles. The minimum Gasteiger partial charge on any atom is -0.491 e. The quantitative estimate of drug-likeness (QED) is 0.484. The molecule has 0 aliphatic rings. The van der Waals surface area contributed by atoms with E-state index in [0.29, 0.717) is 31.5 Å². The van der Waals surface area contributed by atoms with Gasteiger partial charge in [0, 0.05) is 7.05 Å². The molecule has 0 bridgehead atoms. The van der Waals surface area contributed by atoms with Crippen molar-refractivity contribution in [3.8, 4) is 5.75 Å². The number of guanidine groups is 1. The Balaban J connectivity index is 1.76. The van der Waals surface area contributed by atoms with Crippen molar-refractivity contribution in [1.82, 2.24) is 15.6 Å². The molecular weight excluding hydrogens is 304 g/mol. The molecule has 1 heterocycles. The van der Waals surface area contributed by atoms with Crippen LogP contribution in [0.5, 0.6) is 5.75 Å². The van der Waals surface area contributed by atoms with E-state index in [9.17, 15) is 0 Å². The van der Waals surface area contributed by atoms with Crippen molar-refractivity contribution in [2.75, 3.05) is 20.2 Å². The van der Waals surface area contributed by atoms with Crippen molar-refractivity contribution in [1.29, 1.82) is 0 Å². The third-order valence-electron chi connectivity index (χ3n) is 3.75. The highest BCUT2D eigenvalue weighted by Crippen LogP contribution is 2.21. The summed E-state index contributed by atoms with van der Waals surface area (Å²) in [5, 5.41) is 6.39. The maximum Gasteiger partial charge on any atom is 0.214 e. The summed E-state index contributed by atoms with van der Waals surface area (Å²) in [4.78, 5) is 8.52. The first-order chi connectivity index (χ1) is 11.5. The summed E-state index contributed by atoms with van der Waals surface area (Å²) in [6, 6.07) is 6.14. The highest BCUT2D eigenvalue weighted by Gasteiger charge is 2.07. The summed E-state index contributed by atoms with van der Waals surface area (Å²) < 4.78 is 11.4. The summed E-state index contributed by atoms with van der Waals surface area (Å²) in [6.45, 7) is 9.64. The van der Waals surface area contributed by atoms with E-state index in [2.05, 4.69) is 46.6 Å². The fourth-order valence-electron chi connectivity index (χ4n) is 2.34. The fraction of sp³-hybridized carbons (Fsp3) is 0.444. The number of ether oxygens (including phenoxy) is 1. The number of aromatic nitrogens is 1. The van der Waals surface area contributed by atoms with Crippen LogP contribution in [0.1, 0.15) is 28.5 Å². The van der Waals surface area contributed by atoms with E-state index in [-0.39, 0.29) is 0 Å². The first kappa shape index (κ1) is 17.8. The molecule has 0 aliphatic heterocycles. The number of benzene rings is 1. The van der Waals surface area contributed by atoms with Crippen LogP contribution < -0.4 is 15.4 Å². The van der Waals surface area contributed by atoms with Crippen molar-refractivity contribution in [2.24, 2.45) is 4.99 Å². The summed E-state index contributed by atoms with van der Waals surface area (Å²) in [7, 11) is 1.73. The van der Waals surface area contributed by atoms with Gasteiger partial charge in [-0.3, -0.25) is 4.99 Å². The second-order valence-corrected chi connectivity index (χ2v) is 5.67. The molecule has 0 fully saturated rings. The van der Waals surface area contributed by atoms with Gasteiger partial charge in [-0.15, -0.1) is 0 Å². The number of nitrogens with zero attached hydrogens (tertiary/aromatic N) is 2. The molecule has 0 radical (unpaired) electrons. The van der Waals surface area contributed by atoms with E-state index >= 15 is 0 Å². The van der Waals surface area contributed by atoms with Crippen LogP contribution in [0, 0.1) is 27.7 Å². The second kappa shape index (κ2) is 8.38. The third-order valence-corrected chi connectivity index (χ3v) is 3.75. The molecule has 2 aromatic rings. The molecule has 0 atom stereocenters. The van der Waals surface area contributed by atoms with Crippen LogP contribution in [0.25, 0.3) is 0 Å². The lowest BCUT2D eigenvalue weighted by Gasteiger charge is -2.14. The predicted molar refractivity (Wildman–Crippen MR) is 95.6 cm³/mol. The van der Waals surface area contributed by atoms with Crippen molar-refractivity contribution >= 4 is 5.96 Å². The smallest absolute Gasteiger partial charge is 0.214 e. The largest absolute Gasteiger partial charge is 0.491 e. The van der Waals surface area contributed by atoms with E-state index in [1.807, 2.05) is 19.9 Å². The lowest BCUT2D eigenvalue weighted by Crippen LogP contribution is -2.39. The molecule has 0 saturated carbocycles. The zero-order valence-corrected chi connectivity index (χ0v) is 15.1. The standard InChI is InChI=1S/C18H26N4O2/c1-12-7-6-8-13(2)17(12)23-10-9-20-18(19-5)21-11-16-22-14(3)15(4)24-16/h6-8H,9-11H2,1-5H3,(H2,19,20,21). The van der Waals surface area contributed by atoms with Crippen LogP contribution in [-0.4, -0.2) is 31.1 Å². The zero-order chi connectivity index (χ0) is 17.5. The molecule has 6 heteroatoms. The lowest BCUT2D eigenvalue weighted by atomic mass is 10.1. The number of aliphatic imine (C=N–C) groups is 1. The van der Waals surface area contributed by atoms with Gasteiger partial charge in [-0.2, -0.15) is 0 Å². The molecule has 1 aromatic carbocycles. The molecular formula is C18H26N4O2.